The van der Waals surface area contributed by atoms with E-state index in [1.807, 2.05) is 37.3 Å². The highest BCUT2D eigenvalue weighted by Gasteiger charge is 2.13. The Hall–Kier alpha value is -3.39. The van der Waals surface area contributed by atoms with Gasteiger partial charge in [-0.05, 0) is 42.8 Å². The molecule has 0 aliphatic carbocycles. The van der Waals surface area contributed by atoms with E-state index in [4.69, 9.17) is 10.5 Å². The van der Waals surface area contributed by atoms with Crippen molar-refractivity contribution in [3.05, 3.63) is 65.4 Å². The van der Waals surface area contributed by atoms with Crippen molar-refractivity contribution in [2.45, 2.75) is 6.92 Å². The Bertz CT molecular complexity index is 1020. The van der Waals surface area contributed by atoms with Crippen LogP contribution in [-0.4, -0.2) is 23.7 Å². The number of carbonyl (C=O) groups excluding carboxylic acids is 1. The monoisotopic (exact) mass is 381 g/mol. The van der Waals surface area contributed by atoms with Gasteiger partial charge in [0.2, 0.25) is 0 Å². The number of benzene rings is 2. The lowest BCUT2D eigenvalue weighted by Gasteiger charge is -2.06. The number of methoxy groups -OCH3 is 1. The number of hydrogen-bond donors (Lipinski definition) is 3. The summed E-state index contributed by atoms with van der Waals surface area (Å²) in [5.41, 5.74) is 11.1. The van der Waals surface area contributed by atoms with Gasteiger partial charge in [-0.2, -0.15) is 5.10 Å². The molecule has 0 fully saturated rings. The number of nitrogens with two attached hydrogens (primary N) is 1. The lowest BCUT2D eigenvalue weighted by Crippen LogP contribution is -2.14. The van der Waals surface area contributed by atoms with Crippen LogP contribution in [0.1, 0.15) is 22.3 Å². The second kappa shape index (κ2) is 7.88. The molecule has 0 radical (unpaired) electrons. The van der Waals surface area contributed by atoms with Gasteiger partial charge in [-0.3, -0.25) is 10.2 Å². The number of aromatic nitrogens is 1. The molecule has 3 rings (SSSR count). The quantitative estimate of drug-likeness (QED) is 0.449. The van der Waals surface area contributed by atoms with Crippen molar-refractivity contribution < 1.29 is 9.53 Å². The third-order valence-corrected chi connectivity index (χ3v) is 4.73. The minimum atomic E-state index is -0.255. The van der Waals surface area contributed by atoms with Gasteiger partial charge in [0.1, 0.15) is 11.6 Å². The van der Waals surface area contributed by atoms with Gasteiger partial charge in [-0.15, -0.1) is 11.3 Å². The number of nitrogens with one attached hydrogen (secondary N) is 2. The molecule has 3 aromatic rings. The number of amides is 1. The van der Waals surface area contributed by atoms with Crippen molar-refractivity contribution >= 4 is 38.9 Å². The zero-order valence-corrected chi connectivity index (χ0v) is 15.8. The van der Waals surface area contributed by atoms with Gasteiger partial charge in [0.25, 0.3) is 5.91 Å². The Kier molecular flexibility index (Phi) is 5.37. The van der Waals surface area contributed by atoms with Gasteiger partial charge in [-0.1, -0.05) is 18.7 Å². The Morgan fingerprint density at radius 2 is 2.00 bits per heavy atom. The van der Waals surface area contributed by atoms with E-state index in [-0.39, 0.29) is 11.7 Å². The van der Waals surface area contributed by atoms with E-state index in [2.05, 4.69) is 27.4 Å². The highest BCUT2D eigenvalue weighted by Crippen LogP contribution is 2.26. The summed E-state index contributed by atoms with van der Waals surface area (Å²) in [6, 6.07) is 12.9. The van der Waals surface area contributed by atoms with Crippen LogP contribution in [0.25, 0.3) is 10.2 Å². The maximum Gasteiger partial charge on any atom is 0.284 e. The molecule has 0 saturated heterocycles. The number of ether oxygens (including phenoxy) is 1. The molecule has 1 heterocycles. The minimum Gasteiger partial charge on any atom is -0.497 e. The normalized spacial score (nSPS) is 11.3. The van der Waals surface area contributed by atoms with Crippen LogP contribution in [0, 0.1) is 0 Å². The smallest absolute Gasteiger partial charge is 0.284 e. The first-order chi connectivity index (χ1) is 13.0. The van der Waals surface area contributed by atoms with Crippen molar-refractivity contribution in [1.82, 2.24) is 10.4 Å². The molecular weight excluding hydrogens is 362 g/mol. The van der Waals surface area contributed by atoms with Gasteiger partial charge >= 0.3 is 0 Å². The van der Waals surface area contributed by atoms with Crippen LogP contribution < -0.4 is 21.2 Å². The minimum absolute atomic E-state index is 0.255. The average molecular weight is 381 g/mol. The van der Waals surface area contributed by atoms with Gasteiger partial charge in [0, 0.05) is 5.69 Å². The summed E-state index contributed by atoms with van der Waals surface area (Å²) in [4.78, 5) is 16.9. The second-order valence-corrected chi connectivity index (χ2v) is 6.75. The predicted molar refractivity (Wildman–Crippen MR) is 109 cm³/mol. The molecule has 0 saturated carbocycles. The van der Waals surface area contributed by atoms with E-state index in [0.29, 0.717) is 10.7 Å². The number of anilines is 1. The molecule has 0 aliphatic rings. The topological polar surface area (TPSA) is 102 Å². The first-order valence-corrected chi connectivity index (χ1v) is 8.89. The van der Waals surface area contributed by atoms with Crippen molar-refractivity contribution in [3.63, 3.8) is 0 Å². The number of carbonyl (C=O) groups is 1. The lowest BCUT2D eigenvalue weighted by atomic mass is 10.1. The molecule has 1 aromatic heterocycles. The fourth-order valence-corrected chi connectivity index (χ4v) is 3.22. The molecule has 0 bridgehead atoms. The SMILES string of the molecule is C=C(N)N/N=C(/C)c1ccc(NC(=O)c2nc3ccc(OC)cc3s2)cc1. The van der Waals surface area contributed by atoms with Crippen molar-refractivity contribution in [1.29, 1.82) is 0 Å². The van der Waals surface area contributed by atoms with Gasteiger partial charge in [0.15, 0.2) is 5.01 Å². The fourth-order valence-electron chi connectivity index (χ4n) is 2.33. The van der Waals surface area contributed by atoms with Crippen LogP contribution in [0.5, 0.6) is 5.75 Å². The highest BCUT2D eigenvalue weighted by molar-refractivity contribution is 7.20. The van der Waals surface area contributed by atoms with E-state index in [9.17, 15) is 4.79 Å². The Labute approximate surface area is 160 Å². The summed E-state index contributed by atoms with van der Waals surface area (Å²) in [5.74, 6) is 0.750. The van der Waals surface area contributed by atoms with Crippen molar-refractivity contribution in [2.24, 2.45) is 10.8 Å². The van der Waals surface area contributed by atoms with Crippen LogP contribution in [0.15, 0.2) is 60.0 Å². The maximum absolute atomic E-state index is 12.5. The van der Waals surface area contributed by atoms with Crippen LogP contribution in [-0.2, 0) is 0 Å². The molecule has 1 amide bonds. The molecule has 2 aromatic carbocycles. The summed E-state index contributed by atoms with van der Waals surface area (Å²) < 4.78 is 6.10. The molecule has 0 spiro atoms. The van der Waals surface area contributed by atoms with Crippen LogP contribution in [0.4, 0.5) is 5.69 Å². The van der Waals surface area contributed by atoms with E-state index in [1.54, 1.807) is 19.2 Å². The molecular formula is C19H19N5O2S. The molecule has 0 aliphatic heterocycles. The first kappa shape index (κ1) is 18.4. The fraction of sp³-hybridized carbons (Fsp3) is 0.105. The Morgan fingerprint density at radius 1 is 1.26 bits per heavy atom. The molecule has 0 unspecified atom stereocenters. The molecule has 4 N–H and O–H groups in total. The average Bonchev–Trinajstić information content (AvgIpc) is 3.10. The van der Waals surface area contributed by atoms with E-state index in [1.165, 1.54) is 11.3 Å². The van der Waals surface area contributed by atoms with Gasteiger partial charge in [0.05, 0.1) is 23.0 Å². The van der Waals surface area contributed by atoms with E-state index >= 15 is 0 Å². The summed E-state index contributed by atoms with van der Waals surface area (Å²) in [6.07, 6.45) is 0. The highest BCUT2D eigenvalue weighted by atomic mass is 32.1. The molecule has 0 atom stereocenters. The second-order valence-electron chi connectivity index (χ2n) is 5.72. The summed E-state index contributed by atoms with van der Waals surface area (Å²) >= 11 is 1.32. The van der Waals surface area contributed by atoms with Crippen molar-refractivity contribution in [3.8, 4) is 5.75 Å². The van der Waals surface area contributed by atoms with Crippen molar-refractivity contribution in [2.75, 3.05) is 12.4 Å². The van der Waals surface area contributed by atoms with E-state index < -0.39 is 0 Å². The molecule has 138 valence electrons. The summed E-state index contributed by atoms with van der Waals surface area (Å²) in [6.45, 7) is 5.37. The number of rotatable bonds is 6. The number of fused-ring (bicyclic) bond motifs is 1. The van der Waals surface area contributed by atoms with E-state index in [0.717, 1.165) is 27.2 Å². The predicted octanol–water partition coefficient (Wildman–Crippen LogP) is 3.30. The Balaban J connectivity index is 1.72. The largest absolute Gasteiger partial charge is 0.497 e. The molecule has 27 heavy (non-hydrogen) atoms. The zero-order valence-electron chi connectivity index (χ0n) is 14.9. The maximum atomic E-state index is 12.5. The summed E-state index contributed by atoms with van der Waals surface area (Å²) in [7, 11) is 1.61. The van der Waals surface area contributed by atoms with Gasteiger partial charge in [-0.25, -0.2) is 4.98 Å². The zero-order chi connectivity index (χ0) is 19.4. The summed E-state index contributed by atoms with van der Waals surface area (Å²) in [5, 5.41) is 7.35. The van der Waals surface area contributed by atoms with Crippen LogP contribution in [0.2, 0.25) is 0 Å². The molecule has 8 heteroatoms. The number of thiazole rings is 1. The standard InChI is InChI=1S/C19H19N5O2S/c1-11(23-24-12(2)20)13-4-6-14(7-5-13)21-18(25)19-22-16-9-8-15(26-3)10-17(16)27-19/h4-10,24H,2,20H2,1,3H3,(H,21,25)/b23-11-. The third kappa shape index (κ3) is 4.42. The Morgan fingerprint density at radius 3 is 2.67 bits per heavy atom. The van der Waals surface area contributed by atoms with Crippen LogP contribution >= 0.6 is 11.3 Å². The number of nitrogens with zero attached hydrogens (tertiary/aromatic N) is 2. The van der Waals surface area contributed by atoms with Gasteiger partial charge < -0.3 is 15.8 Å². The number of hydrogen-bond acceptors (Lipinski definition) is 7. The lowest BCUT2D eigenvalue weighted by molar-refractivity contribution is 0.102. The van der Waals surface area contributed by atoms with Crippen LogP contribution in [0.3, 0.4) is 0 Å². The third-order valence-electron chi connectivity index (χ3n) is 3.72. The molecule has 7 nitrogen and oxygen atoms in total. The number of hydrazone groups is 1. The first-order valence-electron chi connectivity index (χ1n) is 8.07.